The molecule has 0 amide bonds. The molecule has 0 aromatic carbocycles. The summed E-state index contributed by atoms with van der Waals surface area (Å²) in [5.74, 6) is 1.92. The van der Waals surface area contributed by atoms with Crippen LogP contribution in [-0.4, -0.2) is 40.6 Å². The molecule has 6 nitrogen and oxygen atoms in total. The van der Waals surface area contributed by atoms with E-state index in [0.29, 0.717) is 17.7 Å². The molecule has 2 aromatic heterocycles. The van der Waals surface area contributed by atoms with Crippen LogP contribution >= 0.6 is 0 Å². The van der Waals surface area contributed by atoms with Gasteiger partial charge >= 0.3 is 0 Å². The van der Waals surface area contributed by atoms with Gasteiger partial charge in [-0.05, 0) is 25.0 Å². The smallest absolute Gasteiger partial charge is 0.230 e. The predicted octanol–water partition coefficient (Wildman–Crippen LogP) is 2.13. The molecule has 2 heterocycles. The predicted molar refractivity (Wildman–Crippen MR) is 80.9 cm³/mol. The molecule has 0 aliphatic carbocycles. The zero-order valence-corrected chi connectivity index (χ0v) is 12.4. The Bertz CT molecular complexity index is 582. The van der Waals surface area contributed by atoms with Crippen LogP contribution in [0.3, 0.4) is 0 Å². The molecule has 0 radical (unpaired) electrons. The summed E-state index contributed by atoms with van der Waals surface area (Å²) < 4.78 is 0. The van der Waals surface area contributed by atoms with E-state index in [4.69, 9.17) is 0 Å². The number of rotatable bonds is 5. The van der Waals surface area contributed by atoms with Crippen LogP contribution in [0.15, 0.2) is 18.5 Å². The van der Waals surface area contributed by atoms with Crippen molar-refractivity contribution in [3.63, 3.8) is 0 Å². The number of hydrogen-bond donors (Lipinski definition) is 1. The number of hydrogen-bond acceptors (Lipinski definition) is 6. The molecule has 0 atom stereocenters. The van der Waals surface area contributed by atoms with Crippen molar-refractivity contribution in [2.75, 3.05) is 30.9 Å². The highest BCUT2D eigenvalue weighted by atomic mass is 15.3. The van der Waals surface area contributed by atoms with Gasteiger partial charge in [0, 0.05) is 38.6 Å². The quantitative estimate of drug-likeness (QED) is 0.899. The maximum atomic E-state index is 4.51. The minimum absolute atomic E-state index is 0.608. The molecular formula is C14H20N6. The van der Waals surface area contributed by atoms with Crippen LogP contribution in [-0.2, 0) is 0 Å². The fourth-order valence-electron chi connectivity index (χ4n) is 1.73. The fraction of sp³-hybridized carbons (Fsp3) is 0.429. The van der Waals surface area contributed by atoms with E-state index in [2.05, 4.69) is 32.2 Å². The maximum Gasteiger partial charge on any atom is 0.230 e. The summed E-state index contributed by atoms with van der Waals surface area (Å²) in [7, 11) is 3.84. The van der Waals surface area contributed by atoms with Gasteiger partial charge in [-0.15, -0.1) is 0 Å². The van der Waals surface area contributed by atoms with Gasteiger partial charge in [0.05, 0.1) is 0 Å². The second-order valence-electron chi connectivity index (χ2n) is 4.79. The van der Waals surface area contributed by atoms with Crippen molar-refractivity contribution in [1.29, 1.82) is 0 Å². The number of pyridine rings is 1. The van der Waals surface area contributed by atoms with E-state index in [0.717, 1.165) is 24.1 Å². The van der Waals surface area contributed by atoms with Gasteiger partial charge in [-0.2, -0.15) is 15.0 Å². The Kier molecular flexibility index (Phi) is 4.45. The van der Waals surface area contributed by atoms with Gasteiger partial charge in [0.25, 0.3) is 0 Å². The average molecular weight is 272 g/mol. The summed E-state index contributed by atoms with van der Waals surface area (Å²) in [6.45, 7) is 4.95. The first-order valence-corrected chi connectivity index (χ1v) is 6.70. The van der Waals surface area contributed by atoms with Crippen molar-refractivity contribution in [2.24, 2.45) is 0 Å². The van der Waals surface area contributed by atoms with Gasteiger partial charge < -0.3 is 10.2 Å². The number of anilines is 2. The first kappa shape index (κ1) is 14.2. The van der Waals surface area contributed by atoms with Crippen molar-refractivity contribution in [3.05, 3.63) is 24.0 Å². The summed E-state index contributed by atoms with van der Waals surface area (Å²) in [6, 6.07) is 1.92. The fourth-order valence-corrected chi connectivity index (χ4v) is 1.73. The second-order valence-corrected chi connectivity index (χ2v) is 4.79. The topological polar surface area (TPSA) is 66.8 Å². The number of aromatic nitrogens is 4. The summed E-state index contributed by atoms with van der Waals surface area (Å²) in [5.41, 5.74) is 2.02. The van der Waals surface area contributed by atoms with Crippen LogP contribution in [0.2, 0.25) is 0 Å². The second kappa shape index (κ2) is 6.27. The molecule has 1 N–H and O–H groups in total. The molecule has 0 unspecified atom stereocenters. The van der Waals surface area contributed by atoms with Crippen molar-refractivity contribution >= 4 is 11.9 Å². The third-order valence-corrected chi connectivity index (χ3v) is 2.82. The highest BCUT2D eigenvalue weighted by Gasteiger charge is 2.11. The van der Waals surface area contributed by atoms with Crippen LogP contribution in [0.1, 0.15) is 18.9 Å². The van der Waals surface area contributed by atoms with E-state index in [1.165, 1.54) is 0 Å². The van der Waals surface area contributed by atoms with E-state index < -0.39 is 0 Å². The monoisotopic (exact) mass is 272 g/mol. The van der Waals surface area contributed by atoms with E-state index in [9.17, 15) is 0 Å². The Morgan fingerprint density at radius 3 is 2.65 bits per heavy atom. The summed E-state index contributed by atoms with van der Waals surface area (Å²) in [4.78, 5) is 19.4. The van der Waals surface area contributed by atoms with E-state index in [1.807, 2.05) is 38.2 Å². The van der Waals surface area contributed by atoms with Gasteiger partial charge in [-0.25, -0.2) is 0 Å². The molecule has 0 bridgehead atoms. The first-order valence-electron chi connectivity index (χ1n) is 6.70. The molecule has 0 saturated heterocycles. The Morgan fingerprint density at radius 1 is 1.20 bits per heavy atom. The number of nitrogens with zero attached hydrogens (tertiary/aromatic N) is 5. The van der Waals surface area contributed by atoms with Crippen LogP contribution < -0.4 is 10.2 Å². The third kappa shape index (κ3) is 3.20. The molecule has 20 heavy (non-hydrogen) atoms. The number of nitrogens with one attached hydrogen (secondary N) is 1. The van der Waals surface area contributed by atoms with Gasteiger partial charge in [0.1, 0.15) is 0 Å². The van der Waals surface area contributed by atoms with Crippen LogP contribution in [0.4, 0.5) is 11.9 Å². The van der Waals surface area contributed by atoms with Crippen LogP contribution in [0, 0.1) is 6.92 Å². The van der Waals surface area contributed by atoms with Crippen molar-refractivity contribution < 1.29 is 0 Å². The van der Waals surface area contributed by atoms with E-state index >= 15 is 0 Å². The Labute approximate surface area is 119 Å². The van der Waals surface area contributed by atoms with Crippen LogP contribution in [0.5, 0.6) is 0 Å². The number of aryl methyl sites for hydroxylation is 1. The molecule has 106 valence electrons. The largest absolute Gasteiger partial charge is 0.354 e. The molecule has 0 spiro atoms. The lowest BCUT2D eigenvalue weighted by atomic mass is 10.1. The van der Waals surface area contributed by atoms with E-state index in [1.54, 1.807) is 6.20 Å². The third-order valence-electron chi connectivity index (χ3n) is 2.82. The molecule has 2 aromatic rings. The lowest BCUT2D eigenvalue weighted by Crippen LogP contribution is -2.16. The molecule has 0 aliphatic rings. The lowest BCUT2D eigenvalue weighted by Gasteiger charge is -2.14. The first-order chi connectivity index (χ1) is 9.61. The molecular weight excluding hydrogens is 252 g/mol. The Morgan fingerprint density at radius 2 is 2.00 bits per heavy atom. The normalized spacial score (nSPS) is 10.4. The Hall–Kier alpha value is -2.24. The summed E-state index contributed by atoms with van der Waals surface area (Å²) in [5, 5.41) is 3.21. The summed E-state index contributed by atoms with van der Waals surface area (Å²) in [6.07, 6.45) is 4.58. The van der Waals surface area contributed by atoms with Crippen LogP contribution in [0.25, 0.3) is 11.4 Å². The van der Waals surface area contributed by atoms with Gasteiger partial charge in [-0.3, -0.25) is 4.98 Å². The Balaban J connectivity index is 2.46. The van der Waals surface area contributed by atoms with Gasteiger partial charge in [0.2, 0.25) is 11.9 Å². The zero-order valence-electron chi connectivity index (χ0n) is 12.4. The van der Waals surface area contributed by atoms with Crippen molar-refractivity contribution in [3.8, 4) is 11.4 Å². The van der Waals surface area contributed by atoms with Crippen molar-refractivity contribution in [2.45, 2.75) is 20.3 Å². The lowest BCUT2D eigenvalue weighted by molar-refractivity contribution is 0.919. The maximum absolute atomic E-state index is 4.51. The van der Waals surface area contributed by atoms with Gasteiger partial charge in [0.15, 0.2) is 5.82 Å². The zero-order chi connectivity index (χ0) is 14.5. The highest BCUT2D eigenvalue weighted by Crippen LogP contribution is 2.21. The minimum atomic E-state index is 0.608. The summed E-state index contributed by atoms with van der Waals surface area (Å²) >= 11 is 0. The average Bonchev–Trinajstić information content (AvgIpc) is 2.45. The molecule has 0 aliphatic heterocycles. The molecule has 0 fully saturated rings. The minimum Gasteiger partial charge on any atom is -0.354 e. The molecule has 6 heteroatoms. The highest BCUT2D eigenvalue weighted by molar-refractivity contribution is 5.61. The molecule has 2 rings (SSSR count). The molecule has 0 saturated carbocycles. The van der Waals surface area contributed by atoms with Crippen molar-refractivity contribution in [1.82, 2.24) is 19.9 Å². The van der Waals surface area contributed by atoms with E-state index in [-0.39, 0.29) is 0 Å². The SMILES string of the molecule is CCCNc1nc(-c2ccncc2C)nc(N(C)C)n1. The standard InChI is InChI=1S/C14H20N6/c1-5-7-16-13-17-12(18-14(19-13)20(3)4)11-6-8-15-9-10(11)2/h6,8-9H,5,7H2,1-4H3,(H,16,17,18,19). The van der Waals surface area contributed by atoms with Gasteiger partial charge in [-0.1, -0.05) is 6.92 Å².